The van der Waals surface area contributed by atoms with Crippen LogP contribution in [0.3, 0.4) is 0 Å². The number of benzene rings is 1. The number of sulfonamides is 1. The predicted octanol–water partition coefficient (Wildman–Crippen LogP) is 2.53. The molecule has 11 heteroatoms. The second kappa shape index (κ2) is 12.5. The van der Waals surface area contributed by atoms with E-state index in [1.807, 2.05) is 47.2 Å². The van der Waals surface area contributed by atoms with Gasteiger partial charge in [-0.25, -0.2) is 18.4 Å². The van der Waals surface area contributed by atoms with Crippen molar-refractivity contribution >= 4 is 27.5 Å². The van der Waals surface area contributed by atoms with E-state index in [9.17, 15) is 18.0 Å². The fourth-order valence-electron chi connectivity index (χ4n) is 5.53. The summed E-state index contributed by atoms with van der Waals surface area (Å²) in [4.78, 5) is 41.0. The zero-order chi connectivity index (χ0) is 28.2. The molecule has 1 unspecified atom stereocenters. The van der Waals surface area contributed by atoms with Gasteiger partial charge >= 0.3 is 0 Å². The van der Waals surface area contributed by atoms with Crippen LogP contribution < -0.4 is 4.90 Å². The number of para-hydroxylation sites is 1. The molecular weight excluding hydrogens is 516 g/mol. The van der Waals surface area contributed by atoms with E-state index < -0.39 is 10.0 Å². The van der Waals surface area contributed by atoms with Crippen LogP contribution in [-0.4, -0.2) is 90.3 Å². The van der Waals surface area contributed by atoms with Crippen LogP contribution in [0.4, 0.5) is 5.69 Å². The lowest BCUT2D eigenvalue weighted by atomic mass is 10.1. The standard InChI is InChI=1S/C28H40N6O4S/c1-21-29-24(19-25(30-21)27-11-7-16-34(27)39(4,37)38)12-13-28(36)32-18-17-31(3)14-8-15-33(22(2)35)26-10-6-5-9-23(26)20-32/h5-6,9-10,19,27H,7-8,11-18,20H2,1-4H3. The van der Waals surface area contributed by atoms with Crippen LogP contribution in [0.5, 0.6) is 0 Å². The van der Waals surface area contributed by atoms with Crippen LogP contribution in [0.15, 0.2) is 30.3 Å². The number of carbonyl (C=O) groups is 2. The van der Waals surface area contributed by atoms with E-state index >= 15 is 0 Å². The third kappa shape index (κ3) is 7.40. The van der Waals surface area contributed by atoms with Gasteiger partial charge in [0, 0.05) is 57.4 Å². The number of fused-ring (bicyclic) bond motifs is 1. The molecule has 0 radical (unpaired) electrons. The van der Waals surface area contributed by atoms with Crippen molar-refractivity contribution in [3.05, 3.63) is 53.1 Å². The van der Waals surface area contributed by atoms with Crippen molar-refractivity contribution in [3.8, 4) is 0 Å². The second-order valence-electron chi connectivity index (χ2n) is 10.6. The largest absolute Gasteiger partial charge is 0.337 e. The molecule has 1 aromatic heterocycles. The van der Waals surface area contributed by atoms with Gasteiger partial charge in [0.25, 0.3) is 0 Å². The van der Waals surface area contributed by atoms with Crippen LogP contribution in [-0.2, 0) is 32.6 Å². The Morgan fingerprint density at radius 3 is 2.54 bits per heavy atom. The summed E-state index contributed by atoms with van der Waals surface area (Å²) in [6, 6.07) is 9.38. The van der Waals surface area contributed by atoms with Crippen molar-refractivity contribution in [3.63, 3.8) is 0 Å². The Morgan fingerprint density at radius 2 is 1.79 bits per heavy atom. The molecule has 2 aromatic rings. The average molecular weight is 557 g/mol. The maximum atomic E-state index is 13.6. The number of aromatic nitrogens is 2. The van der Waals surface area contributed by atoms with Crippen molar-refractivity contribution in [2.24, 2.45) is 0 Å². The lowest BCUT2D eigenvalue weighted by molar-refractivity contribution is -0.132. The molecule has 3 heterocycles. The summed E-state index contributed by atoms with van der Waals surface area (Å²) >= 11 is 0. The highest BCUT2D eigenvalue weighted by Crippen LogP contribution is 2.33. The number of aryl methyl sites for hydroxylation is 2. The summed E-state index contributed by atoms with van der Waals surface area (Å²) < 4.78 is 26.1. The van der Waals surface area contributed by atoms with Crippen LogP contribution in [0.1, 0.15) is 61.4 Å². The maximum absolute atomic E-state index is 13.6. The van der Waals surface area contributed by atoms with E-state index in [0.29, 0.717) is 44.1 Å². The molecule has 2 aliphatic rings. The molecule has 2 amide bonds. The third-order valence-electron chi connectivity index (χ3n) is 7.53. The Bertz CT molecular complexity index is 1300. The van der Waals surface area contributed by atoms with E-state index in [4.69, 9.17) is 0 Å². The normalized spacial score (nSPS) is 19.9. The molecule has 0 aliphatic carbocycles. The zero-order valence-corrected chi connectivity index (χ0v) is 24.3. The Morgan fingerprint density at radius 1 is 1.03 bits per heavy atom. The van der Waals surface area contributed by atoms with E-state index in [1.54, 1.807) is 13.8 Å². The Labute approximate surface area is 232 Å². The van der Waals surface area contributed by atoms with E-state index in [1.165, 1.54) is 10.6 Å². The number of hydrogen-bond acceptors (Lipinski definition) is 7. The van der Waals surface area contributed by atoms with E-state index in [0.717, 1.165) is 49.3 Å². The van der Waals surface area contributed by atoms with Crippen molar-refractivity contribution in [1.82, 2.24) is 24.1 Å². The minimum absolute atomic E-state index is 0.00568. The molecule has 39 heavy (non-hydrogen) atoms. The first kappa shape index (κ1) is 29.1. The topological polar surface area (TPSA) is 107 Å². The molecule has 1 saturated heterocycles. The first-order chi connectivity index (χ1) is 18.5. The van der Waals surface area contributed by atoms with Crippen LogP contribution in [0.2, 0.25) is 0 Å². The first-order valence-corrected chi connectivity index (χ1v) is 15.5. The van der Waals surface area contributed by atoms with Crippen LogP contribution in [0.25, 0.3) is 0 Å². The van der Waals surface area contributed by atoms with E-state index in [2.05, 4.69) is 14.9 Å². The molecule has 0 N–H and O–H groups in total. The molecule has 0 bridgehead atoms. The van der Waals surface area contributed by atoms with Gasteiger partial charge in [0.05, 0.1) is 18.0 Å². The van der Waals surface area contributed by atoms with Gasteiger partial charge in [-0.2, -0.15) is 4.31 Å². The van der Waals surface area contributed by atoms with Gasteiger partial charge < -0.3 is 14.7 Å². The molecular formula is C28H40N6O4S. The number of anilines is 1. The zero-order valence-electron chi connectivity index (χ0n) is 23.5. The number of amides is 2. The molecule has 212 valence electrons. The maximum Gasteiger partial charge on any atom is 0.223 e. The van der Waals surface area contributed by atoms with Crippen LogP contribution >= 0.6 is 0 Å². The number of likely N-dealkylation sites (N-methyl/N-ethyl adjacent to an activating group) is 1. The summed E-state index contributed by atoms with van der Waals surface area (Å²) in [7, 11) is -1.29. The molecule has 10 nitrogen and oxygen atoms in total. The fraction of sp³-hybridized carbons (Fsp3) is 0.571. The monoisotopic (exact) mass is 556 g/mol. The smallest absolute Gasteiger partial charge is 0.223 e. The quantitative estimate of drug-likeness (QED) is 0.557. The van der Waals surface area contributed by atoms with Crippen molar-refractivity contribution in [1.29, 1.82) is 0 Å². The Hall–Kier alpha value is -2.89. The molecule has 1 fully saturated rings. The Balaban J connectivity index is 1.52. The summed E-state index contributed by atoms with van der Waals surface area (Å²) in [5, 5.41) is 0. The fourth-order valence-corrected chi connectivity index (χ4v) is 6.67. The predicted molar refractivity (Wildman–Crippen MR) is 151 cm³/mol. The number of hydrogen-bond donors (Lipinski definition) is 0. The lowest BCUT2D eigenvalue weighted by Gasteiger charge is -2.27. The van der Waals surface area contributed by atoms with Gasteiger partial charge in [-0.15, -0.1) is 0 Å². The Kier molecular flexibility index (Phi) is 9.35. The first-order valence-electron chi connectivity index (χ1n) is 13.7. The molecule has 0 saturated carbocycles. The highest BCUT2D eigenvalue weighted by molar-refractivity contribution is 7.88. The molecule has 4 rings (SSSR count). The summed E-state index contributed by atoms with van der Waals surface area (Å²) in [5.41, 5.74) is 3.25. The molecule has 0 spiro atoms. The van der Waals surface area contributed by atoms with Gasteiger partial charge in [0.2, 0.25) is 21.8 Å². The lowest BCUT2D eigenvalue weighted by Crippen LogP contribution is -2.37. The minimum Gasteiger partial charge on any atom is -0.337 e. The van der Waals surface area contributed by atoms with Crippen molar-refractivity contribution in [2.75, 3.05) is 50.9 Å². The van der Waals surface area contributed by atoms with Gasteiger partial charge in [-0.05, 0) is 63.9 Å². The van der Waals surface area contributed by atoms with Crippen LogP contribution in [0, 0.1) is 6.92 Å². The highest BCUT2D eigenvalue weighted by atomic mass is 32.2. The van der Waals surface area contributed by atoms with Crippen molar-refractivity contribution in [2.45, 2.75) is 58.5 Å². The summed E-state index contributed by atoms with van der Waals surface area (Å²) in [5.74, 6) is 0.586. The van der Waals surface area contributed by atoms with Crippen molar-refractivity contribution < 1.29 is 18.0 Å². The third-order valence-corrected chi connectivity index (χ3v) is 8.82. The SMILES string of the molecule is CC(=O)N1CCCN(C)CCN(C(=O)CCc2cc(C3CCCN3S(C)(=O)=O)nc(C)n2)Cc2ccccc21. The van der Waals surface area contributed by atoms with Gasteiger partial charge in [-0.3, -0.25) is 9.59 Å². The molecule has 2 aliphatic heterocycles. The number of carbonyl (C=O) groups excluding carboxylic acids is 2. The number of rotatable bonds is 5. The summed E-state index contributed by atoms with van der Waals surface area (Å²) in [6.07, 6.45) is 4.32. The molecule has 1 atom stereocenters. The van der Waals surface area contributed by atoms with E-state index in [-0.39, 0.29) is 24.3 Å². The van der Waals surface area contributed by atoms with Gasteiger partial charge in [0.15, 0.2) is 0 Å². The minimum atomic E-state index is -3.34. The second-order valence-corrected chi connectivity index (χ2v) is 12.6. The average Bonchev–Trinajstić information content (AvgIpc) is 3.37. The van der Waals surface area contributed by atoms with Gasteiger partial charge in [0.1, 0.15) is 5.82 Å². The van der Waals surface area contributed by atoms with Gasteiger partial charge in [-0.1, -0.05) is 18.2 Å². The summed E-state index contributed by atoms with van der Waals surface area (Å²) in [6.45, 7) is 7.10. The highest BCUT2D eigenvalue weighted by Gasteiger charge is 2.34. The number of nitrogens with zero attached hydrogens (tertiary/aromatic N) is 6. The molecule has 1 aromatic carbocycles.